The number of aryl methyl sites for hydroxylation is 1. The van der Waals surface area contributed by atoms with Crippen LogP contribution < -0.4 is 0 Å². The maximum absolute atomic E-state index is 12.5. The summed E-state index contributed by atoms with van der Waals surface area (Å²) in [6.07, 6.45) is 3.14. The van der Waals surface area contributed by atoms with Gasteiger partial charge in [0.1, 0.15) is 5.60 Å². The average Bonchev–Trinajstić information content (AvgIpc) is 3.37. The Hall–Kier alpha value is -2.67. The third kappa shape index (κ3) is 3.88. The van der Waals surface area contributed by atoms with E-state index in [0.29, 0.717) is 19.0 Å². The highest BCUT2D eigenvalue weighted by Gasteiger charge is 2.41. The van der Waals surface area contributed by atoms with Gasteiger partial charge in [-0.05, 0) is 69.4 Å². The van der Waals surface area contributed by atoms with Gasteiger partial charge in [-0.25, -0.2) is 4.79 Å². The second kappa shape index (κ2) is 6.49. The number of carbonyl (C=O) groups excluding carboxylic acids is 1. The molecule has 2 fully saturated rings. The molecule has 0 N–H and O–H groups in total. The van der Waals surface area contributed by atoms with Crippen LogP contribution in [0, 0.1) is 24.7 Å². The second-order valence-electron chi connectivity index (χ2n) is 8.51. The highest BCUT2D eigenvalue weighted by molar-refractivity contribution is 5.69. The largest absolute Gasteiger partial charge is 0.444 e. The Kier molecular flexibility index (Phi) is 4.26. The third-order valence-corrected chi connectivity index (χ3v) is 5.01. The van der Waals surface area contributed by atoms with Gasteiger partial charge in [-0.2, -0.15) is 0 Å². The van der Waals surface area contributed by atoms with E-state index in [0.717, 1.165) is 24.2 Å². The van der Waals surface area contributed by atoms with E-state index in [1.807, 2.05) is 37.8 Å². The van der Waals surface area contributed by atoms with Crippen molar-refractivity contribution in [2.24, 2.45) is 5.92 Å². The lowest BCUT2D eigenvalue weighted by molar-refractivity contribution is 0.0211. The van der Waals surface area contributed by atoms with E-state index in [2.05, 4.69) is 41.9 Å². The highest BCUT2D eigenvalue weighted by Crippen LogP contribution is 2.48. The maximum Gasteiger partial charge on any atom is 0.410 e. The van der Waals surface area contributed by atoms with Gasteiger partial charge in [0.15, 0.2) is 0 Å². The third-order valence-electron chi connectivity index (χ3n) is 5.01. The minimum Gasteiger partial charge on any atom is -0.444 e. The van der Waals surface area contributed by atoms with Crippen LogP contribution >= 0.6 is 0 Å². The van der Waals surface area contributed by atoms with Crippen LogP contribution in [0.25, 0.3) is 0 Å². The standard InChI is InChI=1S/C23H26N2O2/c1-16-6-5-7-17(12-16)8-9-19-13-18-14-20(18)21-15-24(10-11-25(19)21)22(26)27-23(2,3)4/h5-7,12-13,18H,10-11,14-15H2,1-4H3. The van der Waals surface area contributed by atoms with Crippen molar-refractivity contribution in [2.75, 3.05) is 19.6 Å². The van der Waals surface area contributed by atoms with Crippen molar-refractivity contribution in [2.45, 2.75) is 39.7 Å². The van der Waals surface area contributed by atoms with E-state index < -0.39 is 5.60 Å². The Balaban J connectivity index is 1.51. The number of fused-ring (bicyclic) bond motifs is 2. The number of piperazine rings is 1. The van der Waals surface area contributed by atoms with Crippen LogP contribution in [-0.4, -0.2) is 41.1 Å². The molecule has 0 bridgehead atoms. The molecule has 1 atom stereocenters. The lowest BCUT2D eigenvalue weighted by Gasteiger charge is -2.39. The van der Waals surface area contributed by atoms with Crippen molar-refractivity contribution in [3.63, 3.8) is 0 Å². The summed E-state index contributed by atoms with van der Waals surface area (Å²) in [5, 5.41) is 0. The summed E-state index contributed by atoms with van der Waals surface area (Å²) in [7, 11) is 0. The normalized spacial score (nSPS) is 20.9. The Morgan fingerprint density at radius 2 is 2.04 bits per heavy atom. The first-order chi connectivity index (χ1) is 12.8. The number of benzene rings is 1. The molecule has 3 aliphatic rings. The van der Waals surface area contributed by atoms with E-state index in [1.54, 1.807) is 0 Å². The molecule has 27 heavy (non-hydrogen) atoms. The lowest BCUT2D eigenvalue weighted by atomic mass is 10.1. The summed E-state index contributed by atoms with van der Waals surface area (Å²) in [5.74, 6) is 7.17. The first kappa shape index (κ1) is 17.7. The Morgan fingerprint density at radius 3 is 2.78 bits per heavy atom. The fourth-order valence-corrected chi connectivity index (χ4v) is 3.64. The molecule has 1 aromatic rings. The summed E-state index contributed by atoms with van der Waals surface area (Å²) in [5.41, 5.74) is 5.55. The molecular formula is C23H26N2O2. The summed E-state index contributed by atoms with van der Waals surface area (Å²) in [4.78, 5) is 16.6. The van der Waals surface area contributed by atoms with Crippen LogP contribution in [-0.2, 0) is 4.74 Å². The molecule has 140 valence electrons. The quantitative estimate of drug-likeness (QED) is 0.652. The van der Waals surface area contributed by atoms with Gasteiger partial charge in [0.05, 0.1) is 12.2 Å². The fourth-order valence-electron chi connectivity index (χ4n) is 3.64. The van der Waals surface area contributed by atoms with E-state index in [9.17, 15) is 4.79 Å². The van der Waals surface area contributed by atoms with Crippen LogP contribution in [0.3, 0.4) is 0 Å². The molecule has 0 radical (unpaired) electrons. The SMILES string of the molecule is Cc1cccc(C#CC2=CC3CC3=C3CN(C(=O)OC(C)(C)C)CCN23)c1. The summed E-state index contributed by atoms with van der Waals surface area (Å²) >= 11 is 0. The van der Waals surface area contributed by atoms with Crippen molar-refractivity contribution in [1.29, 1.82) is 0 Å². The van der Waals surface area contributed by atoms with Crippen LogP contribution in [0.5, 0.6) is 0 Å². The van der Waals surface area contributed by atoms with Gasteiger partial charge < -0.3 is 14.5 Å². The van der Waals surface area contributed by atoms with E-state index in [1.165, 1.54) is 16.8 Å². The predicted molar refractivity (Wildman–Crippen MR) is 106 cm³/mol. The molecule has 4 heteroatoms. The van der Waals surface area contributed by atoms with Gasteiger partial charge in [-0.15, -0.1) is 0 Å². The summed E-state index contributed by atoms with van der Waals surface area (Å²) < 4.78 is 5.55. The molecular weight excluding hydrogens is 336 g/mol. The number of carbonyl (C=O) groups is 1. The minimum atomic E-state index is -0.467. The maximum atomic E-state index is 12.5. The van der Waals surface area contributed by atoms with Crippen LogP contribution in [0.2, 0.25) is 0 Å². The summed E-state index contributed by atoms with van der Waals surface area (Å²) in [6, 6.07) is 8.27. The molecule has 2 heterocycles. The van der Waals surface area contributed by atoms with Crippen LogP contribution in [0.1, 0.15) is 38.3 Å². The zero-order valence-electron chi connectivity index (χ0n) is 16.5. The molecule has 1 saturated carbocycles. The second-order valence-corrected chi connectivity index (χ2v) is 8.51. The molecule has 2 aliphatic heterocycles. The van der Waals surface area contributed by atoms with Gasteiger partial charge in [0.2, 0.25) is 0 Å². The van der Waals surface area contributed by atoms with Crippen LogP contribution in [0.4, 0.5) is 4.79 Å². The number of amides is 1. The van der Waals surface area contributed by atoms with Gasteiger partial charge in [-0.3, -0.25) is 0 Å². The lowest BCUT2D eigenvalue weighted by Crippen LogP contribution is -2.48. The molecule has 4 rings (SSSR count). The number of nitrogens with zero attached hydrogens (tertiary/aromatic N) is 2. The van der Waals surface area contributed by atoms with Crippen molar-refractivity contribution in [1.82, 2.24) is 9.80 Å². The van der Waals surface area contributed by atoms with E-state index in [4.69, 9.17) is 4.74 Å². The molecule has 0 aromatic heterocycles. The van der Waals surface area contributed by atoms with E-state index >= 15 is 0 Å². The first-order valence-corrected chi connectivity index (χ1v) is 9.58. The number of rotatable bonds is 0. The molecule has 1 aromatic carbocycles. The number of allylic oxidation sites excluding steroid dienone is 3. The Bertz CT molecular complexity index is 908. The number of hydrogen-bond donors (Lipinski definition) is 0. The number of ether oxygens (including phenoxy) is 1. The van der Waals surface area contributed by atoms with E-state index in [-0.39, 0.29) is 6.09 Å². The molecule has 4 nitrogen and oxygen atoms in total. The van der Waals surface area contributed by atoms with Gasteiger partial charge in [-0.1, -0.05) is 18.1 Å². The predicted octanol–water partition coefficient (Wildman–Crippen LogP) is 4.07. The van der Waals surface area contributed by atoms with Crippen LogP contribution in [0.15, 0.2) is 47.3 Å². The van der Waals surface area contributed by atoms with Crippen molar-refractivity contribution >= 4 is 6.09 Å². The zero-order chi connectivity index (χ0) is 19.2. The molecule has 1 saturated heterocycles. The Labute approximate surface area is 161 Å². The van der Waals surface area contributed by atoms with Gasteiger partial charge in [0, 0.05) is 30.3 Å². The summed E-state index contributed by atoms with van der Waals surface area (Å²) in [6.45, 7) is 9.83. The first-order valence-electron chi connectivity index (χ1n) is 9.58. The molecule has 1 unspecified atom stereocenters. The topological polar surface area (TPSA) is 32.8 Å². The molecule has 1 aliphatic carbocycles. The Morgan fingerprint density at radius 1 is 1.22 bits per heavy atom. The van der Waals surface area contributed by atoms with Crippen molar-refractivity contribution in [3.05, 3.63) is 58.4 Å². The van der Waals surface area contributed by atoms with Gasteiger partial charge >= 0.3 is 6.09 Å². The fraction of sp³-hybridized carbons (Fsp3) is 0.435. The van der Waals surface area contributed by atoms with Gasteiger partial charge in [0.25, 0.3) is 0 Å². The smallest absolute Gasteiger partial charge is 0.410 e. The highest BCUT2D eigenvalue weighted by atomic mass is 16.6. The minimum absolute atomic E-state index is 0.227. The number of hydrogen-bond acceptors (Lipinski definition) is 3. The monoisotopic (exact) mass is 362 g/mol. The molecule has 1 amide bonds. The van der Waals surface area contributed by atoms with Crippen molar-refractivity contribution in [3.8, 4) is 11.8 Å². The average molecular weight is 362 g/mol. The zero-order valence-corrected chi connectivity index (χ0v) is 16.5. The van der Waals surface area contributed by atoms with Crippen molar-refractivity contribution < 1.29 is 9.53 Å². The molecule has 0 spiro atoms.